The highest BCUT2D eigenvalue weighted by Crippen LogP contribution is 2.24. The van der Waals surface area contributed by atoms with Crippen molar-refractivity contribution in [3.05, 3.63) is 61.1 Å². The van der Waals surface area contributed by atoms with Crippen LogP contribution in [0.2, 0.25) is 0 Å². The third kappa shape index (κ3) is 3.81. The van der Waals surface area contributed by atoms with E-state index in [1.165, 1.54) is 12.4 Å². The van der Waals surface area contributed by atoms with Gasteiger partial charge in [0.1, 0.15) is 24.3 Å². The molecular formula is C18H16FN7O. The lowest BCUT2D eigenvalue weighted by molar-refractivity contribution is 0.431. The quantitative estimate of drug-likeness (QED) is 0.561. The summed E-state index contributed by atoms with van der Waals surface area (Å²) < 4.78 is 20.8. The van der Waals surface area contributed by atoms with Crippen molar-refractivity contribution in [3.63, 3.8) is 0 Å². The van der Waals surface area contributed by atoms with Gasteiger partial charge in [0.15, 0.2) is 0 Å². The number of halogens is 1. The molecule has 0 aliphatic carbocycles. The Bertz CT molecular complexity index is 1010. The van der Waals surface area contributed by atoms with Crippen molar-refractivity contribution >= 4 is 5.82 Å². The molecule has 0 spiro atoms. The molecule has 4 aromatic rings. The molecule has 3 heterocycles. The highest BCUT2D eigenvalue weighted by atomic mass is 19.1. The molecule has 0 aliphatic heterocycles. The first-order chi connectivity index (χ1) is 13.2. The highest BCUT2D eigenvalue weighted by molar-refractivity contribution is 5.60. The zero-order valence-corrected chi connectivity index (χ0v) is 14.5. The SMILES string of the molecule is C[C@@H](Cn1cncn1)Nc1ccc(-c2nc(-c3ccccc3F)no2)cn1. The minimum Gasteiger partial charge on any atom is -0.366 e. The van der Waals surface area contributed by atoms with E-state index in [0.717, 1.165) is 0 Å². The van der Waals surface area contributed by atoms with Crippen LogP contribution in [-0.2, 0) is 6.54 Å². The number of rotatable bonds is 6. The van der Waals surface area contributed by atoms with E-state index in [0.29, 0.717) is 23.5 Å². The number of pyridine rings is 1. The molecule has 136 valence electrons. The molecule has 27 heavy (non-hydrogen) atoms. The normalized spacial score (nSPS) is 12.1. The zero-order chi connectivity index (χ0) is 18.6. The number of hydrogen-bond donors (Lipinski definition) is 1. The minimum atomic E-state index is -0.399. The van der Waals surface area contributed by atoms with Gasteiger partial charge in [-0.1, -0.05) is 17.3 Å². The fraction of sp³-hybridized carbons (Fsp3) is 0.167. The van der Waals surface area contributed by atoms with Crippen molar-refractivity contribution in [1.29, 1.82) is 0 Å². The van der Waals surface area contributed by atoms with Crippen LogP contribution in [0.1, 0.15) is 6.92 Å². The van der Waals surface area contributed by atoms with Gasteiger partial charge in [0.25, 0.3) is 5.89 Å². The molecule has 4 rings (SSSR count). The predicted octanol–water partition coefficient (Wildman–Crippen LogP) is 3.03. The molecule has 8 nitrogen and oxygen atoms in total. The lowest BCUT2D eigenvalue weighted by Gasteiger charge is -2.14. The van der Waals surface area contributed by atoms with E-state index >= 15 is 0 Å². The molecule has 0 saturated carbocycles. The number of anilines is 1. The average Bonchev–Trinajstić information content (AvgIpc) is 3.35. The van der Waals surface area contributed by atoms with Crippen LogP contribution in [0.15, 0.2) is 59.8 Å². The standard InChI is InChI=1S/C18H16FN7O/c1-12(9-26-11-20-10-22-26)23-16-7-6-13(8-21-16)18-24-17(25-27-18)14-4-2-3-5-15(14)19/h2-8,10-12H,9H2,1H3,(H,21,23)/t12-/m0/s1. The summed E-state index contributed by atoms with van der Waals surface area (Å²) in [6.07, 6.45) is 4.79. The summed E-state index contributed by atoms with van der Waals surface area (Å²) in [4.78, 5) is 12.5. The van der Waals surface area contributed by atoms with Crippen LogP contribution >= 0.6 is 0 Å². The van der Waals surface area contributed by atoms with E-state index < -0.39 is 5.82 Å². The maximum atomic E-state index is 13.8. The molecular weight excluding hydrogens is 349 g/mol. The zero-order valence-electron chi connectivity index (χ0n) is 14.5. The summed E-state index contributed by atoms with van der Waals surface area (Å²) in [5.74, 6) is 0.791. The lowest BCUT2D eigenvalue weighted by atomic mass is 10.2. The number of nitrogens with one attached hydrogen (secondary N) is 1. The summed E-state index contributed by atoms with van der Waals surface area (Å²) in [6.45, 7) is 2.69. The maximum Gasteiger partial charge on any atom is 0.259 e. The van der Waals surface area contributed by atoms with Crippen molar-refractivity contribution in [2.24, 2.45) is 0 Å². The van der Waals surface area contributed by atoms with Crippen molar-refractivity contribution in [3.8, 4) is 22.8 Å². The summed E-state index contributed by atoms with van der Waals surface area (Å²) in [5.41, 5.74) is 0.945. The predicted molar refractivity (Wildman–Crippen MR) is 96.0 cm³/mol. The van der Waals surface area contributed by atoms with E-state index in [4.69, 9.17) is 4.52 Å². The van der Waals surface area contributed by atoms with Gasteiger partial charge in [-0.05, 0) is 31.2 Å². The maximum absolute atomic E-state index is 13.8. The van der Waals surface area contributed by atoms with Gasteiger partial charge in [-0.2, -0.15) is 10.1 Å². The molecule has 0 amide bonds. The number of nitrogens with zero attached hydrogens (tertiary/aromatic N) is 6. The molecule has 3 aromatic heterocycles. The Kier molecular flexibility index (Phi) is 4.56. The Labute approximate surface area is 154 Å². The van der Waals surface area contributed by atoms with E-state index in [-0.39, 0.29) is 17.8 Å². The van der Waals surface area contributed by atoms with Crippen molar-refractivity contribution < 1.29 is 8.91 Å². The molecule has 0 unspecified atom stereocenters. The Morgan fingerprint density at radius 2 is 2.11 bits per heavy atom. The van der Waals surface area contributed by atoms with Crippen LogP contribution in [0.3, 0.4) is 0 Å². The van der Waals surface area contributed by atoms with E-state index in [2.05, 4.69) is 30.5 Å². The van der Waals surface area contributed by atoms with Crippen molar-refractivity contribution in [2.75, 3.05) is 5.32 Å². The molecule has 0 saturated heterocycles. The molecule has 0 radical (unpaired) electrons. The van der Waals surface area contributed by atoms with Crippen LogP contribution in [0.4, 0.5) is 10.2 Å². The first-order valence-electron chi connectivity index (χ1n) is 8.33. The minimum absolute atomic E-state index is 0.112. The summed E-state index contributed by atoms with van der Waals surface area (Å²) in [6, 6.07) is 10.0. The van der Waals surface area contributed by atoms with Gasteiger partial charge in [-0.3, -0.25) is 4.68 Å². The largest absolute Gasteiger partial charge is 0.366 e. The first-order valence-corrected chi connectivity index (χ1v) is 8.33. The summed E-state index contributed by atoms with van der Waals surface area (Å²) >= 11 is 0. The van der Waals surface area contributed by atoms with Gasteiger partial charge in [0.05, 0.1) is 17.7 Å². The van der Waals surface area contributed by atoms with Gasteiger partial charge >= 0.3 is 0 Å². The molecule has 9 heteroatoms. The molecule has 1 atom stereocenters. The molecule has 1 aromatic carbocycles. The fourth-order valence-electron chi connectivity index (χ4n) is 2.60. The molecule has 1 N–H and O–H groups in total. The Morgan fingerprint density at radius 1 is 1.22 bits per heavy atom. The second kappa shape index (κ2) is 7.32. The fourth-order valence-corrected chi connectivity index (χ4v) is 2.60. The van der Waals surface area contributed by atoms with Gasteiger partial charge in [-0.15, -0.1) is 0 Å². The van der Waals surface area contributed by atoms with Gasteiger partial charge in [0, 0.05) is 12.2 Å². The molecule has 0 fully saturated rings. The highest BCUT2D eigenvalue weighted by Gasteiger charge is 2.14. The van der Waals surface area contributed by atoms with Gasteiger partial charge in [0.2, 0.25) is 5.82 Å². The third-order valence-corrected chi connectivity index (χ3v) is 3.87. The topological polar surface area (TPSA) is 94.6 Å². The second-order valence-corrected chi connectivity index (χ2v) is 6.00. The summed E-state index contributed by atoms with van der Waals surface area (Å²) in [5, 5.41) is 11.2. The third-order valence-electron chi connectivity index (χ3n) is 3.87. The average molecular weight is 365 g/mol. The summed E-state index contributed by atoms with van der Waals surface area (Å²) in [7, 11) is 0. The monoisotopic (exact) mass is 365 g/mol. The Hall–Kier alpha value is -3.62. The van der Waals surface area contributed by atoms with Crippen LogP contribution in [0.5, 0.6) is 0 Å². The first kappa shape index (κ1) is 16.8. The van der Waals surface area contributed by atoms with E-state index in [1.54, 1.807) is 35.4 Å². The Balaban J connectivity index is 1.46. The van der Waals surface area contributed by atoms with Gasteiger partial charge in [-0.25, -0.2) is 14.4 Å². The van der Waals surface area contributed by atoms with Crippen molar-refractivity contribution in [1.82, 2.24) is 29.9 Å². The van der Waals surface area contributed by atoms with Gasteiger partial charge < -0.3 is 9.84 Å². The number of benzene rings is 1. The van der Waals surface area contributed by atoms with Crippen LogP contribution < -0.4 is 5.32 Å². The van der Waals surface area contributed by atoms with Crippen LogP contribution in [0, 0.1) is 5.82 Å². The lowest BCUT2D eigenvalue weighted by Crippen LogP contribution is -2.22. The van der Waals surface area contributed by atoms with E-state index in [9.17, 15) is 4.39 Å². The Morgan fingerprint density at radius 3 is 2.85 bits per heavy atom. The molecule has 0 bridgehead atoms. The van der Waals surface area contributed by atoms with Crippen LogP contribution in [-0.4, -0.2) is 35.9 Å². The van der Waals surface area contributed by atoms with E-state index in [1.807, 2.05) is 19.1 Å². The van der Waals surface area contributed by atoms with Crippen LogP contribution in [0.25, 0.3) is 22.8 Å². The smallest absolute Gasteiger partial charge is 0.259 e. The molecule has 0 aliphatic rings. The number of hydrogen-bond acceptors (Lipinski definition) is 7. The number of aromatic nitrogens is 6. The second-order valence-electron chi connectivity index (χ2n) is 6.00. The van der Waals surface area contributed by atoms with Crippen molar-refractivity contribution in [2.45, 2.75) is 19.5 Å².